The first-order valence-electron chi connectivity index (χ1n) is 9.83. The number of carbonyl (C=O) groups is 3. The number of anilines is 1. The summed E-state index contributed by atoms with van der Waals surface area (Å²) >= 11 is 1.07. The predicted molar refractivity (Wildman–Crippen MR) is 108 cm³/mol. The Bertz CT molecular complexity index is 911. The van der Waals surface area contributed by atoms with E-state index in [1.54, 1.807) is 17.0 Å². The zero-order valence-corrected chi connectivity index (χ0v) is 16.8. The highest BCUT2D eigenvalue weighted by atomic mass is 32.1. The lowest BCUT2D eigenvalue weighted by Crippen LogP contribution is -2.48. The second-order valence-electron chi connectivity index (χ2n) is 7.36. The molecule has 1 atom stereocenters. The van der Waals surface area contributed by atoms with Gasteiger partial charge in [-0.05, 0) is 37.8 Å². The van der Waals surface area contributed by atoms with Crippen LogP contribution in [0.25, 0.3) is 11.0 Å². The number of rotatable bonds is 4. The first kappa shape index (κ1) is 19.6. The minimum atomic E-state index is -0.437. The molecule has 2 saturated heterocycles. The summed E-state index contributed by atoms with van der Waals surface area (Å²) in [6.07, 6.45) is 3.48. The monoisotopic (exact) mass is 417 g/mol. The Morgan fingerprint density at radius 3 is 2.72 bits per heavy atom. The van der Waals surface area contributed by atoms with Crippen LogP contribution in [0.2, 0.25) is 0 Å². The van der Waals surface area contributed by atoms with Crippen molar-refractivity contribution < 1.29 is 19.1 Å². The van der Waals surface area contributed by atoms with E-state index in [-0.39, 0.29) is 12.6 Å². The fourth-order valence-corrected chi connectivity index (χ4v) is 4.35. The Hall–Kier alpha value is -2.75. The molecule has 154 valence electrons. The van der Waals surface area contributed by atoms with Gasteiger partial charge in [0.1, 0.15) is 11.0 Å². The van der Waals surface area contributed by atoms with Crippen LogP contribution >= 0.6 is 11.7 Å². The summed E-state index contributed by atoms with van der Waals surface area (Å²) in [5.41, 5.74) is 1.85. The van der Waals surface area contributed by atoms with Crippen LogP contribution in [0.4, 0.5) is 10.5 Å². The standard InChI is InChI=1S/C19H23N5O4S/c25-16(20-14-6-3-7-15-17(14)22-29-21-15)12-28-18(26)13-5-4-10-24(11-13)19(27)23-8-1-2-9-23/h3,6-7,13H,1-2,4-5,8-12H2,(H,20,25)/t13-/m0/s1. The zero-order valence-electron chi connectivity index (χ0n) is 16.0. The number of fused-ring (bicyclic) bond motifs is 1. The molecular weight excluding hydrogens is 394 g/mol. The third-order valence-electron chi connectivity index (χ3n) is 5.31. The lowest BCUT2D eigenvalue weighted by atomic mass is 9.98. The number of piperidine rings is 1. The minimum Gasteiger partial charge on any atom is -0.455 e. The maximum atomic E-state index is 12.5. The molecular formula is C19H23N5O4S. The number of likely N-dealkylation sites (tertiary alicyclic amines) is 2. The summed E-state index contributed by atoms with van der Waals surface area (Å²) in [6, 6.07) is 5.32. The molecule has 29 heavy (non-hydrogen) atoms. The molecule has 2 fully saturated rings. The molecule has 0 unspecified atom stereocenters. The molecule has 0 bridgehead atoms. The number of nitrogens with one attached hydrogen (secondary N) is 1. The zero-order chi connectivity index (χ0) is 20.2. The van der Waals surface area contributed by atoms with Crippen LogP contribution in [-0.4, -0.2) is 69.2 Å². The molecule has 0 aliphatic carbocycles. The van der Waals surface area contributed by atoms with E-state index in [1.165, 1.54) is 0 Å². The molecule has 0 spiro atoms. The van der Waals surface area contributed by atoms with E-state index < -0.39 is 17.8 Å². The van der Waals surface area contributed by atoms with Crippen molar-refractivity contribution in [2.45, 2.75) is 25.7 Å². The molecule has 3 amide bonds. The van der Waals surface area contributed by atoms with Gasteiger partial charge in [0.05, 0.1) is 23.3 Å². The summed E-state index contributed by atoms with van der Waals surface area (Å²) in [5, 5.41) is 2.71. The van der Waals surface area contributed by atoms with Crippen molar-refractivity contribution >= 4 is 46.4 Å². The number of benzene rings is 1. The quantitative estimate of drug-likeness (QED) is 0.764. The predicted octanol–water partition coefficient (Wildman–Crippen LogP) is 2.10. The summed E-state index contributed by atoms with van der Waals surface area (Å²) in [5.74, 6) is -1.26. The van der Waals surface area contributed by atoms with Crippen molar-refractivity contribution in [3.8, 4) is 0 Å². The lowest BCUT2D eigenvalue weighted by molar-refractivity contribution is -0.152. The van der Waals surface area contributed by atoms with Gasteiger partial charge in [-0.15, -0.1) is 0 Å². The van der Waals surface area contributed by atoms with Crippen molar-refractivity contribution in [3.05, 3.63) is 18.2 Å². The van der Waals surface area contributed by atoms with E-state index in [2.05, 4.69) is 14.1 Å². The smallest absolute Gasteiger partial charge is 0.320 e. The normalized spacial score (nSPS) is 19.4. The van der Waals surface area contributed by atoms with Gasteiger partial charge in [0.2, 0.25) is 0 Å². The van der Waals surface area contributed by atoms with Crippen LogP contribution in [0.3, 0.4) is 0 Å². The summed E-state index contributed by atoms with van der Waals surface area (Å²) in [4.78, 5) is 40.8. The van der Waals surface area contributed by atoms with E-state index in [0.29, 0.717) is 36.2 Å². The number of urea groups is 1. The van der Waals surface area contributed by atoms with Crippen molar-refractivity contribution in [2.75, 3.05) is 38.1 Å². The lowest BCUT2D eigenvalue weighted by Gasteiger charge is -2.34. The van der Waals surface area contributed by atoms with Gasteiger partial charge in [-0.1, -0.05) is 6.07 Å². The van der Waals surface area contributed by atoms with Gasteiger partial charge in [0.15, 0.2) is 6.61 Å². The highest BCUT2D eigenvalue weighted by molar-refractivity contribution is 7.00. The number of amides is 3. The molecule has 2 aliphatic rings. The highest BCUT2D eigenvalue weighted by Gasteiger charge is 2.32. The molecule has 0 radical (unpaired) electrons. The summed E-state index contributed by atoms with van der Waals surface area (Å²) < 4.78 is 13.5. The average molecular weight is 417 g/mol. The number of aromatic nitrogens is 2. The molecule has 1 aromatic heterocycles. The second-order valence-corrected chi connectivity index (χ2v) is 7.88. The average Bonchev–Trinajstić information content (AvgIpc) is 3.44. The maximum Gasteiger partial charge on any atom is 0.320 e. The molecule has 0 saturated carbocycles. The molecule has 1 N–H and O–H groups in total. The van der Waals surface area contributed by atoms with Gasteiger partial charge in [-0.2, -0.15) is 8.75 Å². The first-order valence-corrected chi connectivity index (χ1v) is 10.6. The van der Waals surface area contributed by atoms with E-state index in [0.717, 1.165) is 44.1 Å². The molecule has 2 aromatic rings. The summed E-state index contributed by atoms with van der Waals surface area (Å²) in [6.45, 7) is 2.20. The van der Waals surface area contributed by atoms with E-state index in [4.69, 9.17) is 4.74 Å². The van der Waals surface area contributed by atoms with Gasteiger partial charge in [0.25, 0.3) is 5.91 Å². The Morgan fingerprint density at radius 1 is 1.10 bits per heavy atom. The summed E-state index contributed by atoms with van der Waals surface area (Å²) in [7, 11) is 0. The van der Waals surface area contributed by atoms with E-state index in [1.807, 2.05) is 11.0 Å². The number of nitrogens with zero attached hydrogens (tertiary/aromatic N) is 4. The molecule has 9 nitrogen and oxygen atoms in total. The SMILES string of the molecule is O=C(COC(=O)[C@H]1CCCN(C(=O)N2CCCC2)C1)Nc1cccc2nsnc12. The fourth-order valence-electron chi connectivity index (χ4n) is 3.80. The topological polar surface area (TPSA) is 105 Å². The number of hydrogen-bond acceptors (Lipinski definition) is 7. The number of esters is 1. The molecule has 1 aromatic carbocycles. The van der Waals surface area contributed by atoms with E-state index >= 15 is 0 Å². The molecule has 10 heteroatoms. The van der Waals surface area contributed by atoms with Gasteiger partial charge in [-0.3, -0.25) is 9.59 Å². The van der Waals surface area contributed by atoms with Crippen LogP contribution in [-0.2, 0) is 14.3 Å². The van der Waals surface area contributed by atoms with Crippen LogP contribution in [0.15, 0.2) is 18.2 Å². The van der Waals surface area contributed by atoms with E-state index in [9.17, 15) is 14.4 Å². The van der Waals surface area contributed by atoms with Crippen LogP contribution in [0.5, 0.6) is 0 Å². The van der Waals surface area contributed by atoms with Crippen molar-refractivity contribution in [1.29, 1.82) is 0 Å². The van der Waals surface area contributed by atoms with Gasteiger partial charge < -0.3 is 19.9 Å². The third kappa shape index (κ3) is 4.47. The highest BCUT2D eigenvalue weighted by Crippen LogP contribution is 2.22. The van der Waals surface area contributed by atoms with Gasteiger partial charge in [-0.25, -0.2) is 4.79 Å². The molecule has 4 rings (SSSR count). The fraction of sp³-hybridized carbons (Fsp3) is 0.526. The Morgan fingerprint density at radius 2 is 1.90 bits per heavy atom. The van der Waals surface area contributed by atoms with Crippen molar-refractivity contribution in [2.24, 2.45) is 5.92 Å². The first-order chi connectivity index (χ1) is 14.1. The van der Waals surface area contributed by atoms with Crippen LogP contribution < -0.4 is 5.32 Å². The maximum absolute atomic E-state index is 12.5. The van der Waals surface area contributed by atoms with Crippen molar-refractivity contribution in [1.82, 2.24) is 18.5 Å². The Kier molecular flexibility index (Phi) is 5.89. The number of ether oxygens (including phenoxy) is 1. The third-order valence-corrected chi connectivity index (χ3v) is 5.85. The number of hydrogen-bond donors (Lipinski definition) is 1. The largest absolute Gasteiger partial charge is 0.455 e. The van der Waals surface area contributed by atoms with Gasteiger partial charge >= 0.3 is 12.0 Å². The molecule has 3 heterocycles. The minimum absolute atomic E-state index is 0.00251. The second kappa shape index (κ2) is 8.73. The number of carbonyl (C=O) groups excluding carboxylic acids is 3. The Balaban J connectivity index is 1.28. The molecule has 2 aliphatic heterocycles. The van der Waals surface area contributed by atoms with Crippen LogP contribution in [0.1, 0.15) is 25.7 Å². The van der Waals surface area contributed by atoms with Crippen molar-refractivity contribution in [3.63, 3.8) is 0 Å². The van der Waals surface area contributed by atoms with Gasteiger partial charge in [0, 0.05) is 26.2 Å². The Labute approximate surface area is 172 Å². The van der Waals surface area contributed by atoms with Crippen LogP contribution in [0, 0.1) is 5.92 Å².